The molecule has 1 aliphatic rings. The summed E-state index contributed by atoms with van der Waals surface area (Å²) in [6.45, 7) is 0.344. The fraction of sp³-hybridized carbons (Fsp3) is 0.462. The molecular weight excluding hydrogens is 264 g/mol. The second-order valence-electron chi connectivity index (χ2n) is 4.65. The van der Waals surface area contributed by atoms with Crippen molar-refractivity contribution >= 4 is 10.0 Å². The van der Waals surface area contributed by atoms with Gasteiger partial charge >= 0.3 is 0 Å². The third-order valence-corrected chi connectivity index (χ3v) is 5.22. The van der Waals surface area contributed by atoms with Crippen molar-refractivity contribution < 1.29 is 13.5 Å². The molecule has 0 aliphatic carbocycles. The van der Waals surface area contributed by atoms with Crippen LogP contribution >= 0.6 is 0 Å². The number of sulfonamides is 1. The maximum absolute atomic E-state index is 12.3. The molecule has 1 aromatic carbocycles. The van der Waals surface area contributed by atoms with E-state index in [9.17, 15) is 13.5 Å². The second-order valence-corrected chi connectivity index (χ2v) is 6.58. The molecule has 1 heterocycles. The Hall–Kier alpha value is -1.42. The molecule has 1 aromatic rings. The van der Waals surface area contributed by atoms with Gasteiger partial charge in [0.25, 0.3) is 0 Å². The normalized spacial score (nSPS) is 20.3. The zero-order chi connectivity index (χ0) is 13.9. The summed E-state index contributed by atoms with van der Waals surface area (Å²) < 4.78 is 25.9. The van der Waals surface area contributed by atoms with Gasteiger partial charge in [-0.25, -0.2) is 8.42 Å². The average molecular weight is 280 g/mol. The van der Waals surface area contributed by atoms with Crippen molar-refractivity contribution in [3.63, 3.8) is 0 Å². The molecule has 0 amide bonds. The maximum atomic E-state index is 12.3. The average Bonchev–Trinajstić information content (AvgIpc) is 2.88. The summed E-state index contributed by atoms with van der Waals surface area (Å²) in [5, 5.41) is 17.9. The summed E-state index contributed by atoms with van der Waals surface area (Å²) in [6, 6.07) is 8.23. The van der Waals surface area contributed by atoms with E-state index < -0.39 is 10.0 Å². The van der Waals surface area contributed by atoms with E-state index in [1.807, 2.05) is 6.07 Å². The van der Waals surface area contributed by atoms with Gasteiger partial charge in [0.05, 0.1) is 24.0 Å². The minimum Gasteiger partial charge on any atom is -0.395 e. The first-order valence-corrected chi connectivity index (χ1v) is 7.77. The Morgan fingerprint density at radius 1 is 1.37 bits per heavy atom. The first-order valence-electron chi connectivity index (χ1n) is 6.16. The summed E-state index contributed by atoms with van der Waals surface area (Å²) in [6.07, 6.45) is 1.50. The molecule has 1 N–H and O–H groups in total. The highest BCUT2D eigenvalue weighted by Gasteiger charge is 2.33. The van der Waals surface area contributed by atoms with E-state index >= 15 is 0 Å². The second kappa shape index (κ2) is 5.70. The zero-order valence-electron chi connectivity index (χ0n) is 10.5. The molecule has 19 heavy (non-hydrogen) atoms. The molecule has 1 atom stereocenters. The van der Waals surface area contributed by atoms with Crippen LogP contribution in [0, 0.1) is 11.3 Å². The molecule has 102 valence electrons. The van der Waals surface area contributed by atoms with Crippen LogP contribution in [-0.4, -0.2) is 37.0 Å². The van der Waals surface area contributed by atoms with Crippen molar-refractivity contribution in [2.75, 3.05) is 13.2 Å². The van der Waals surface area contributed by atoms with Crippen LogP contribution in [0.5, 0.6) is 0 Å². The zero-order valence-corrected chi connectivity index (χ0v) is 11.3. The van der Waals surface area contributed by atoms with Crippen LogP contribution in [-0.2, 0) is 15.8 Å². The standard InChI is InChI=1S/C13H16N2O3S/c14-8-11-3-5-12(6-4-11)10-19(17,18)15-7-1-2-13(15)9-16/h3-6,13,16H,1-2,7,9-10H2/t13-/m1/s1. The minimum absolute atomic E-state index is 0.0881. The van der Waals surface area contributed by atoms with Gasteiger partial charge in [-0.2, -0.15) is 9.57 Å². The Bertz CT molecular complexity index is 575. The highest BCUT2D eigenvalue weighted by atomic mass is 32.2. The molecule has 0 bridgehead atoms. The van der Waals surface area contributed by atoms with Gasteiger partial charge in [-0.15, -0.1) is 0 Å². The van der Waals surface area contributed by atoms with E-state index in [-0.39, 0.29) is 18.4 Å². The van der Waals surface area contributed by atoms with Gasteiger partial charge in [-0.3, -0.25) is 0 Å². The number of rotatable bonds is 4. The monoisotopic (exact) mass is 280 g/mol. The van der Waals surface area contributed by atoms with Gasteiger partial charge < -0.3 is 5.11 Å². The van der Waals surface area contributed by atoms with Crippen LogP contribution in [0.2, 0.25) is 0 Å². The lowest BCUT2D eigenvalue weighted by Crippen LogP contribution is -2.38. The lowest BCUT2D eigenvalue weighted by atomic mass is 10.2. The summed E-state index contributed by atoms with van der Waals surface area (Å²) in [5.41, 5.74) is 1.16. The number of aliphatic hydroxyl groups is 1. The first-order chi connectivity index (χ1) is 9.06. The number of hydrogen-bond acceptors (Lipinski definition) is 4. The number of hydrogen-bond donors (Lipinski definition) is 1. The maximum Gasteiger partial charge on any atom is 0.218 e. The van der Waals surface area contributed by atoms with Crippen LogP contribution in [0.3, 0.4) is 0 Å². The van der Waals surface area contributed by atoms with E-state index in [1.54, 1.807) is 24.3 Å². The Morgan fingerprint density at radius 2 is 2.05 bits per heavy atom. The van der Waals surface area contributed by atoms with Gasteiger partial charge in [0.1, 0.15) is 0 Å². The van der Waals surface area contributed by atoms with Crippen molar-refractivity contribution in [1.82, 2.24) is 4.31 Å². The highest BCUT2D eigenvalue weighted by molar-refractivity contribution is 7.88. The molecule has 0 radical (unpaired) electrons. The molecule has 6 heteroatoms. The van der Waals surface area contributed by atoms with Gasteiger partial charge in [0.2, 0.25) is 10.0 Å². The van der Waals surface area contributed by atoms with E-state index in [2.05, 4.69) is 0 Å². The van der Waals surface area contributed by atoms with Gasteiger partial charge in [-0.1, -0.05) is 12.1 Å². The van der Waals surface area contributed by atoms with Crippen molar-refractivity contribution in [2.24, 2.45) is 0 Å². The molecule has 1 fully saturated rings. The lowest BCUT2D eigenvalue weighted by molar-refractivity contribution is 0.213. The first kappa shape index (κ1) is 14.0. The smallest absolute Gasteiger partial charge is 0.218 e. The number of nitrogens with zero attached hydrogens (tertiary/aromatic N) is 2. The van der Waals surface area contributed by atoms with E-state index in [0.29, 0.717) is 24.1 Å². The molecule has 2 rings (SSSR count). The Kier molecular flexibility index (Phi) is 4.20. The number of benzene rings is 1. The Labute approximate surface area is 113 Å². The van der Waals surface area contributed by atoms with E-state index in [1.165, 1.54) is 4.31 Å². The Morgan fingerprint density at radius 3 is 2.63 bits per heavy atom. The van der Waals surface area contributed by atoms with Gasteiger partial charge in [-0.05, 0) is 30.5 Å². The van der Waals surface area contributed by atoms with Crippen molar-refractivity contribution in [2.45, 2.75) is 24.6 Å². The molecular formula is C13H16N2O3S. The highest BCUT2D eigenvalue weighted by Crippen LogP contribution is 2.23. The third-order valence-electron chi connectivity index (χ3n) is 3.32. The summed E-state index contributed by atoms with van der Waals surface area (Å²) in [4.78, 5) is 0. The predicted octanol–water partition coefficient (Wildman–Crippen LogP) is 0.845. The molecule has 1 aliphatic heterocycles. The molecule has 0 aromatic heterocycles. The summed E-state index contributed by atoms with van der Waals surface area (Å²) in [5.74, 6) is -0.0881. The number of aliphatic hydroxyl groups excluding tert-OH is 1. The predicted molar refractivity (Wildman–Crippen MR) is 70.6 cm³/mol. The Balaban J connectivity index is 2.14. The van der Waals surface area contributed by atoms with Crippen LogP contribution in [0.1, 0.15) is 24.0 Å². The van der Waals surface area contributed by atoms with Crippen LogP contribution < -0.4 is 0 Å². The summed E-state index contributed by atoms with van der Waals surface area (Å²) in [7, 11) is -3.40. The fourth-order valence-electron chi connectivity index (χ4n) is 2.33. The van der Waals surface area contributed by atoms with E-state index in [0.717, 1.165) is 6.42 Å². The minimum atomic E-state index is -3.40. The topological polar surface area (TPSA) is 81.4 Å². The third kappa shape index (κ3) is 3.13. The molecule has 0 unspecified atom stereocenters. The van der Waals surface area contributed by atoms with Gasteiger partial charge in [0.15, 0.2) is 0 Å². The molecule has 0 saturated carbocycles. The SMILES string of the molecule is N#Cc1ccc(CS(=O)(=O)N2CCC[C@@H]2CO)cc1. The van der Waals surface area contributed by atoms with Crippen LogP contribution in [0.25, 0.3) is 0 Å². The van der Waals surface area contributed by atoms with Gasteiger partial charge in [0, 0.05) is 12.6 Å². The lowest BCUT2D eigenvalue weighted by Gasteiger charge is -2.22. The van der Waals surface area contributed by atoms with E-state index in [4.69, 9.17) is 5.26 Å². The molecule has 0 spiro atoms. The summed E-state index contributed by atoms with van der Waals surface area (Å²) >= 11 is 0. The molecule has 5 nitrogen and oxygen atoms in total. The quantitative estimate of drug-likeness (QED) is 0.886. The molecule has 1 saturated heterocycles. The number of nitriles is 1. The van der Waals surface area contributed by atoms with Crippen LogP contribution in [0.15, 0.2) is 24.3 Å². The van der Waals surface area contributed by atoms with Crippen molar-refractivity contribution in [3.8, 4) is 6.07 Å². The fourth-order valence-corrected chi connectivity index (χ4v) is 4.14. The van der Waals surface area contributed by atoms with Crippen LogP contribution in [0.4, 0.5) is 0 Å². The van der Waals surface area contributed by atoms with Crippen molar-refractivity contribution in [3.05, 3.63) is 35.4 Å². The largest absolute Gasteiger partial charge is 0.395 e. The van der Waals surface area contributed by atoms with Crippen molar-refractivity contribution in [1.29, 1.82) is 5.26 Å².